The van der Waals surface area contributed by atoms with Gasteiger partial charge in [-0.05, 0) is 0 Å². The summed E-state index contributed by atoms with van der Waals surface area (Å²) in [6, 6.07) is 0. The first kappa shape index (κ1) is 13.3. The molecule has 0 aromatic carbocycles. The molecule has 1 aliphatic heterocycles. The highest BCUT2D eigenvalue weighted by atomic mass is 16.6. The number of rotatable bonds is 3. The van der Waals surface area contributed by atoms with Crippen molar-refractivity contribution in [2.45, 2.75) is 44.0 Å². The zero-order valence-electron chi connectivity index (χ0n) is 8.91. The Kier molecular flexibility index (Phi) is 4.63. The molecule has 5 N–H and O–H groups in total. The third-order valence-corrected chi connectivity index (χ3v) is 2.52. The molecule has 0 radical (unpaired) electrons. The second-order valence-electron chi connectivity index (χ2n) is 3.67. The molecule has 0 spiro atoms. The molecule has 0 aromatic rings. The van der Waals surface area contributed by atoms with Crippen molar-refractivity contribution in [3.63, 3.8) is 0 Å². The normalized spacial score (nSPS) is 39.4. The Morgan fingerprint density at radius 1 is 1.25 bits per heavy atom. The van der Waals surface area contributed by atoms with E-state index in [-0.39, 0.29) is 12.3 Å². The molecule has 1 aliphatic rings. The van der Waals surface area contributed by atoms with Gasteiger partial charge >= 0.3 is 0 Å². The van der Waals surface area contributed by atoms with Crippen LogP contribution >= 0.6 is 0 Å². The number of hydrogen-bond acceptors (Lipinski definition) is 6. The molecule has 0 saturated carbocycles. The number of aliphatic hydroxyl groups excluding tert-OH is 4. The molecule has 16 heavy (non-hydrogen) atoms. The fraction of sp³-hybridized carbons (Fsp3) is 0.889. The van der Waals surface area contributed by atoms with Gasteiger partial charge in [0.05, 0.1) is 6.61 Å². The smallest absolute Gasteiger partial charge is 0.221 e. The fourth-order valence-electron chi connectivity index (χ4n) is 1.48. The number of carbonyl (C=O) groups excluding carboxylic acids is 1. The summed E-state index contributed by atoms with van der Waals surface area (Å²) in [5.41, 5.74) is 0. The molecule has 1 unspecified atom stereocenters. The molecule has 0 aromatic heterocycles. The third kappa shape index (κ3) is 2.69. The summed E-state index contributed by atoms with van der Waals surface area (Å²) in [6.45, 7) is 1.11. The van der Waals surface area contributed by atoms with Crippen LogP contribution in [0.4, 0.5) is 0 Å². The van der Waals surface area contributed by atoms with Crippen LogP contribution in [0.25, 0.3) is 0 Å². The maximum Gasteiger partial charge on any atom is 0.221 e. The Bertz CT molecular complexity index is 246. The zero-order chi connectivity index (χ0) is 12.3. The highest BCUT2D eigenvalue weighted by Gasteiger charge is 2.43. The van der Waals surface area contributed by atoms with E-state index in [9.17, 15) is 20.1 Å². The quantitative estimate of drug-likeness (QED) is 0.363. The first-order chi connectivity index (χ1) is 7.51. The second-order valence-corrected chi connectivity index (χ2v) is 3.67. The highest BCUT2D eigenvalue weighted by Crippen LogP contribution is 2.19. The fourth-order valence-corrected chi connectivity index (χ4v) is 1.48. The molecule has 0 bridgehead atoms. The maximum absolute atomic E-state index is 11.1. The first-order valence-corrected chi connectivity index (χ1v) is 5.11. The number of aliphatic hydroxyl groups is 4. The van der Waals surface area contributed by atoms with Crippen LogP contribution in [-0.2, 0) is 9.53 Å². The second kappa shape index (κ2) is 5.55. The van der Waals surface area contributed by atoms with Gasteiger partial charge in [0.25, 0.3) is 0 Å². The Balaban J connectivity index is 2.67. The zero-order valence-corrected chi connectivity index (χ0v) is 8.91. The Morgan fingerprint density at radius 2 is 1.88 bits per heavy atom. The summed E-state index contributed by atoms with van der Waals surface area (Å²) in [6.07, 6.45) is -6.21. The third-order valence-electron chi connectivity index (χ3n) is 2.52. The van der Waals surface area contributed by atoms with Gasteiger partial charge in [-0.1, -0.05) is 6.92 Å². The van der Waals surface area contributed by atoms with Gasteiger partial charge in [-0.25, -0.2) is 0 Å². The summed E-state index contributed by atoms with van der Waals surface area (Å²) in [5.74, 6) is -0.357. The number of amides is 1. The molecule has 1 rings (SSSR count). The van der Waals surface area contributed by atoms with Gasteiger partial charge in [-0.2, -0.15) is 0 Å². The van der Waals surface area contributed by atoms with Gasteiger partial charge in [-0.15, -0.1) is 0 Å². The lowest BCUT2D eigenvalue weighted by Gasteiger charge is -2.40. The topological polar surface area (TPSA) is 119 Å². The molecule has 7 nitrogen and oxygen atoms in total. The largest absolute Gasteiger partial charge is 0.394 e. The minimum Gasteiger partial charge on any atom is -0.394 e. The van der Waals surface area contributed by atoms with Gasteiger partial charge in [0, 0.05) is 6.42 Å². The molecule has 1 amide bonds. The molecular formula is C9H17NO6. The Labute approximate surface area is 92.7 Å². The van der Waals surface area contributed by atoms with Crippen molar-refractivity contribution in [2.24, 2.45) is 0 Å². The van der Waals surface area contributed by atoms with Crippen LogP contribution in [0, 0.1) is 0 Å². The summed E-state index contributed by atoms with van der Waals surface area (Å²) < 4.78 is 5.06. The van der Waals surface area contributed by atoms with Crippen LogP contribution in [0.5, 0.6) is 0 Å². The Hall–Kier alpha value is -0.730. The summed E-state index contributed by atoms with van der Waals surface area (Å²) >= 11 is 0. The van der Waals surface area contributed by atoms with E-state index >= 15 is 0 Å². The molecule has 94 valence electrons. The van der Waals surface area contributed by atoms with E-state index in [0.29, 0.717) is 0 Å². The van der Waals surface area contributed by atoms with E-state index in [1.54, 1.807) is 6.92 Å². The van der Waals surface area contributed by atoms with E-state index in [1.807, 2.05) is 0 Å². The molecular weight excluding hydrogens is 218 g/mol. The van der Waals surface area contributed by atoms with Crippen molar-refractivity contribution in [1.29, 1.82) is 0 Å². The standard InChI is InChI=1S/C9H17NO6/c1-2-5(12)10-9-8(15)7(14)6(13)4(3-11)16-9/h4,6-9,11,13-15H,2-3H2,1H3,(H,10,12)/t4-,6+,7+,8-,9?/m1/s1. The van der Waals surface area contributed by atoms with Crippen LogP contribution in [0.2, 0.25) is 0 Å². The van der Waals surface area contributed by atoms with E-state index < -0.39 is 37.3 Å². The SMILES string of the molecule is CCC(=O)NC1O[C@H](CO)[C@H](O)[C@H](O)[C@H]1O. The number of carbonyl (C=O) groups is 1. The van der Waals surface area contributed by atoms with Crippen LogP contribution < -0.4 is 5.32 Å². The van der Waals surface area contributed by atoms with Gasteiger partial charge in [-0.3, -0.25) is 4.79 Å². The summed E-state index contributed by atoms with van der Waals surface area (Å²) in [5, 5.41) is 39.6. The summed E-state index contributed by atoms with van der Waals surface area (Å²) in [7, 11) is 0. The Morgan fingerprint density at radius 3 is 2.38 bits per heavy atom. The molecule has 1 heterocycles. The lowest BCUT2D eigenvalue weighted by Crippen LogP contribution is -2.63. The predicted molar refractivity (Wildman–Crippen MR) is 52.2 cm³/mol. The lowest BCUT2D eigenvalue weighted by atomic mass is 9.98. The average molecular weight is 235 g/mol. The maximum atomic E-state index is 11.1. The van der Waals surface area contributed by atoms with Crippen molar-refractivity contribution >= 4 is 5.91 Å². The summed E-state index contributed by atoms with van der Waals surface area (Å²) in [4.78, 5) is 11.1. The molecule has 1 saturated heterocycles. The van der Waals surface area contributed by atoms with E-state index in [0.717, 1.165) is 0 Å². The monoisotopic (exact) mass is 235 g/mol. The van der Waals surface area contributed by atoms with Crippen molar-refractivity contribution < 1.29 is 30.0 Å². The van der Waals surface area contributed by atoms with E-state index in [4.69, 9.17) is 9.84 Å². The van der Waals surface area contributed by atoms with Gasteiger partial charge in [0.2, 0.25) is 5.91 Å². The van der Waals surface area contributed by atoms with E-state index in [2.05, 4.69) is 5.32 Å². The molecule has 1 fully saturated rings. The van der Waals surface area contributed by atoms with Crippen LogP contribution in [0.15, 0.2) is 0 Å². The highest BCUT2D eigenvalue weighted by molar-refractivity contribution is 5.75. The molecule has 5 atom stereocenters. The number of nitrogens with one attached hydrogen (secondary N) is 1. The number of ether oxygens (including phenoxy) is 1. The van der Waals surface area contributed by atoms with Crippen LogP contribution in [0.3, 0.4) is 0 Å². The lowest BCUT2D eigenvalue weighted by molar-refractivity contribution is -0.235. The molecule has 0 aliphatic carbocycles. The number of hydrogen-bond donors (Lipinski definition) is 5. The van der Waals surface area contributed by atoms with Gasteiger partial charge in [0.1, 0.15) is 24.4 Å². The van der Waals surface area contributed by atoms with Gasteiger partial charge < -0.3 is 30.5 Å². The van der Waals surface area contributed by atoms with Crippen LogP contribution in [0.1, 0.15) is 13.3 Å². The van der Waals surface area contributed by atoms with Crippen LogP contribution in [-0.4, -0.2) is 63.6 Å². The van der Waals surface area contributed by atoms with Crippen molar-refractivity contribution in [1.82, 2.24) is 5.32 Å². The van der Waals surface area contributed by atoms with Crippen molar-refractivity contribution in [2.75, 3.05) is 6.61 Å². The average Bonchev–Trinajstić information content (AvgIpc) is 2.29. The molecule has 7 heteroatoms. The minimum absolute atomic E-state index is 0.203. The van der Waals surface area contributed by atoms with Crippen molar-refractivity contribution in [3.8, 4) is 0 Å². The van der Waals surface area contributed by atoms with Crippen molar-refractivity contribution in [3.05, 3.63) is 0 Å². The predicted octanol–water partition coefficient (Wildman–Crippen LogP) is -2.69. The van der Waals surface area contributed by atoms with E-state index in [1.165, 1.54) is 0 Å². The first-order valence-electron chi connectivity index (χ1n) is 5.11. The van der Waals surface area contributed by atoms with Gasteiger partial charge in [0.15, 0.2) is 6.23 Å². The minimum atomic E-state index is -1.46.